The van der Waals surface area contributed by atoms with Gasteiger partial charge in [0, 0.05) is 11.6 Å². The number of aliphatic hydroxyl groups excluding tert-OH is 1. The average Bonchev–Trinajstić information content (AvgIpc) is 2.82. The van der Waals surface area contributed by atoms with Crippen molar-refractivity contribution in [3.05, 3.63) is 88.9 Å². The number of benzene rings is 3. The van der Waals surface area contributed by atoms with Crippen LogP contribution in [0.4, 0.5) is 0 Å². The topological polar surface area (TPSA) is 113 Å². The Kier molecular flexibility index (Phi) is 10.5. The monoisotopic (exact) mass is 539 g/mol. The van der Waals surface area contributed by atoms with E-state index in [1.54, 1.807) is 42.5 Å². The molecule has 0 radical (unpaired) electrons. The lowest BCUT2D eigenvalue weighted by Gasteiger charge is -2.13. The number of carboxylic acid groups (broad SMARTS) is 1. The second-order valence-electron chi connectivity index (χ2n) is 7.74. The third kappa shape index (κ3) is 7.95. The zero-order valence-corrected chi connectivity index (χ0v) is 21.3. The van der Waals surface area contributed by atoms with Crippen molar-refractivity contribution in [2.45, 2.75) is 35.3 Å². The van der Waals surface area contributed by atoms with Gasteiger partial charge in [-0.1, -0.05) is 35.9 Å². The summed E-state index contributed by atoms with van der Waals surface area (Å²) in [6.45, 7) is 2.38. The van der Waals surface area contributed by atoms with E-state index in [9.17, 15) is 18.3 Å². The highest BCUT2D eigenvalue weighted by atomic mass is 35.5. The molecule has 188 valence electrons. The van der Waals surface area contributed by atoms with Crippen LogP contribution in [0.25, 0.3) is 0 Å². The number of sulfone groups is 1. The Bertz CT molecular complexity index is 1220. The molecule has 0 aliphatic rings. The summed E-state index contributed by atoms with van der Waals surface area (Å²) in [5.41, 5.74) is 1.70. The summed E-state index contributed by atoms with van der Waals surface area (Å²) in [5.74, 6) is -0.832. The summed E-state index contributed by atoms with van der Waals surface area (Å²) < 4.78 is 31.0. The summed E-state index contributed by atoms with van der Waals surface area (Å²) in [7, 11) is -3.72. The van der Waals surface area contributed by atoms with Gasteiger partial charge in [-0.05, 0) is 79.5 Å². The van der Waals surface area contributed by atoms with Crippen molar-refractivity contribution in [3.8, 4) is 5.75 Å². The van der Waals surface area contributed by atoms with Crippen LogP contribution in [-0.2, 0) is 21.1 Å². The lowest BCUT2D eigenvalue weighted by Crippen LogP contribution is -2.23. The van der Waals surface area contributed by atoms with Crippen molar-refractivity contribution >= 4 is 39.8 Å². The molecule has 0 saturated carbocycles. The van der Waals surface area contributed by atoms with Crippen LogP contribution < -0.4 is 10.1 Å². The molecule has 0 unspecified atom stereocenters. The first kappa shape index (κ1) is 28.6. The largest absolute Gasteiger partial charge is 0.479 e. The lowest BCUT2D eigenvalue weighted by molar-refractivity contribution is -0.144. The second-order valence-corrected chi connectivity index (χ2v) is 10.1. The van der Waals surface area contributed by atoms with Crippen LogP contribution in [0, 0.1) is 0 Å². The first-order chi connectivity index (χ1) is 16.2. The number of halogens is 2. The van der Waals surface area contributed by atoms with Crippen LogP contribution in [0.2, 0.25) is 5.02 Å². The molecule has 35 heavy (non-hydrogen) atoms. The van der Waals surface area contributed by atoms with Gasteiger partial charge in [-0.3, -0.25) is 0 Å². The van der Waals surface area contributed by atoms with Gasteiger partial charge in [-0.15, -0.1) is 12.4 Å². The van der Waals surface area contributed by atoms with Crippen LogP contribution in [0.5, 0.6) is 5.75 Å². The minimum atomic E-state index is -3.72. The number of ether oxygens (including phenoxy) is 1. The molecule has 10 heteroatoms. The minimum absolute atomic E-state index is 0. The Morgan fingerprint density at radius 2 is 1.63 bits per heavy atom. The fourth-order valence-electron chi connectivity index (χ4n) is 3.23. The number of aliphatic hydroxyl groups is 1. The molecule has 0 aromatic heterocycles. The molecule has 3 aromatic carbocycles. The van der Waals surface area contributed by atoms with Gasteiger partial charge in [0.15, 0.2) is 6.10 Å². The third-order valence-corrected chi connectivity index (χ3v) is 7.21. The smallest absolute Gasteiger partial charge is 0.344 e. The molecule has 0 fully saturated rings. The predicted octanol–water partition coefficient (Wildman–Crippen LogP) is 4.31. The van der Waals surface area contributed by atoms with E-state index in [0.29, 0.717) is 24.5 Å². The van der Waals surface area contributed by atoms with Gasteiger partial charge in [0.1, 0.15) is 5.75 Å². The zero-order chi connectivity index (χ0) is 24.7. The fraction of sp³-hybridized carbons (Fsp3) is 0.240. The fourth-order valence-corrected chi connectivity index (χ4v) is 4.69. The van der Waals surface area contributed by atoms with Crippen molar-refractivity contribution in [2.24, 2.45) is 0 Å². The quantitative estimate of drug-likeness (QED) is 0.311. The SMILES string of the molecule is C[C@@H](Oc1ccc(S(=O)(=O)c2ccc(CCNC[C@@H](O)c3cccc(Cl)c3)cc2)cc1)C(=O)O.Cl. The van der Waals surface area contributed by atoms with E-state index in [0.717, 1.165) is 11.1 Å². The van der Waals surface area contributed by atoms with E-state index in [1.165, 1.54) is 31.2 Å². The number of aliphatic carboxylic acids is 1. The number of hydrogen-bond acceptors (Lipinski definition) is 6. The highest BCUT2D eigenvalue weighted by Gasteiger charge is 2.18. The number of nitrogens with one attached hydrogen (secondary N) is 1. The molecule has 0 amide bonds. The molecule has 3 aromatic rings. The maximum Gasteiger partial charge on any atom is 0.344 e. The standard InChI is InChI=1S/C25H26ClNO6S.ClH/c1-17(25(29)30)33-21-7-11-23(12-8-21)34(31,32)22-9-5-18(6-10-22)13-14-27-16-24(28)19-3-2-4-20(26)15-19;/h2-12,15,17,24,27-28H,13-14,16H2,1H3,(H,29,30);1H/t17-,24-;/m1./s1. The average molecular weight is 540 g/mol. The van der Waals surface area contributed by atoms with Crippen LogP contribution in [-0.4, -0.2) is 43.8 Å². The van der Waals surface area contributed by atoms with E-state index < -0.39 is 28.0 Å². The van der Waals surface area contributed by atoms with E-state index >= 15 is 0 Å². The van der Waals surface area contributed by atoms with E-state index in [-0.39, 0.29) is 27.9 Å². The van der Waals surface area contributed by atoms with Gasteiger partial charge in [-0.25, -0.2) is 13.2 Å². The van der Waals surface area contributed by atoms with E-state index in [4.69, 9.17) is 21.4 Å². The van der Waals surface area contributed by atoms with Gasteiger partial charge >= 0.3 is 5.97 Å². The molecule has 7 nitrogen and oxygen atoms in total. The zero-order valence-electron chi connectivity index (χ0n) is 18.9. The summed E-state index contributed by atoms with van der Waals surface area (Å²) >= 11 is 5.95. The normalized spacial score (nSPS) is 12.9. The van der Waals surface area contributed by atoms with E-state index in [2.05, 4.69) is 5.32 Å². The van der Waals surface area contributed by atoms with Crippen molar-refractivity contribution < 1.29 is 28.2 Å². The van der Waals surface area contributed by atoms with Gasteiger partial charge < -0.3 is 20.3 Å². The van der Waals surface area contributed by atoms with E-state index in [1.807, 2.05) is 6.07 Å². The lowest BCUT2D eigenvalue weighted by atomic mass is 10.1. The molecule has 0 saturated heterocycles. The van der Waals surface area contributed by atoms with Crippen molar-refractivity contribution in [3.63, 3.8) is 0 Å². The maximum atomic E-state index is 12.9. The molecule has 2 atom stereocenters. The molecule has 0 bridgehead atoms. The highest BCUT2D eigenvalue weighted by Crippen LogP contribution is 2.24. The van der Waals surface area contributed by atoms with Crippen LogP contribution in [0.1, 0.15) is 24.2 Å². The van der Waals surface area contributed by atoms with Gasteiger partial charge in [0.25, 0.3) is 0 Å². The molecule has 0 aliphatic heterocycles. The number of carboxylic acids is 1. The van der Waals surface area contributed by atoms with Crippen LogP contribution in [0.3, 0.4) is 0 Å². The Hall–Kier alpha value is -2.62. The Labute approximate surface area is 216 Å². The van der Waals surface area contributed by atoms with Crippen molar-refractivity contribution in [1.29, 1.82) is 0 Å². The molecule has 0 spiro atoms. The van der Waals surface area contributed by atoms with Crippen LogP contribution >= 0.6 is 24.0 Å². The Balaban J connectivity index is 0.00000432. The van der Waals surface area contributed by atoms with Gasteiger partial charge in [0.2, 0.25) is 9.84 Å². The summed E-state index contributed by atoms with van der Waals surface area (Å²) in [5, 5.41) is 22.9. The first-order valence-electron chi connectivity index (χ1n) is 10.6. The van der Waals surface area contributed by atoms with Gasteiger partial charge in [0.05, 0.1) is 15.9 Å². The van der Waals surface area contributed by atoms with Crippen molar-refractivity contribution in [1.82, 2.24) is 5.32 Å². The maximum absolute atomic E-state index is 12.9. The molecule has 0 heterocycles. The van der Waals surface area contributed by atoms with Gasteiger partial charge in [-0.2, -0.15) is 0 Å². The van der Waals surface area contributed by atoms with Crippen LogP contribution in [0.15, 0.2) is 82.6 Å². The summed E-state index contributed by atoms with van der Waals surface area (Å²) in [6, 6.07) is 19.4. The number of hydrogen-bond donors (Lipinski definition) is 3. The molecule has 0 aliphatic carbocycles. The molecule has 3 N–H and O–H groups in total. The third-order valence-electron chi connectivity index (χ3n) is 5.19. The number of carbonyl (C=O) groups is 1. The Morgan fingerprint density at radius 1 is 1.03 bits per heavy atom. The first-order valence-corrected chi connectivity index (χ1v) is 12.5. The molecular weight excluding hydrogens is 513 g/mol. The predicted molar refractivity (Wildman–Crippen MR) is 136 cm³/mol. The Morgan fingerprint density at radius 3 is 2.20 bits per heavy atom. The summed E-state index contributed by atoms with van der Waals surface area (Å²) in [6.07, 6.45) is -1.05. The van der Waals surface area contributed by atoms with Crippen molar-refractivity contribution in [2.75, 3.05) is 13.1 Å². The minimum Gasteiger partial charge on any atom is -0.479 e. The second kappa shape index (κ2) is 12.9. The number of rotatable bonds is 11. The molecular formula is C25H27Cl2NO6S. The summed E-state index contributed by atoms with van der Waals surface area (Å²) in [4.78, 5) is 11.1. The highest BCUT2D eigenvalue weighted by molar-refractivity contribution is 7.91. The molecule has 3 rings (SSSR count).